The van der Waals surface area contributed by atoms with Crippen LogP contribution < -0.4 is 10.1 Å². The fourth-order valence-corrected chi connectivity index (χ4v) is 5.71. The first-order chi connectivity index (χ1) is 18.3. The Morgan fingerprint density at radius 1 is 0.974 bits per heavy atom. The Morgan fingerprint density at radius 2 is 1.69 bits per heavy atom. The smallest absolute Gasteiger partial charge is 0.228 e. The number of nitrogens with zero attached hydrogens (tertiary/aromatic N) is 1. The highest BCUT2D eigenvalue weighted by Gasteiger charge is 2.20. The molecular formula is C33H49BrN2O2S. The largest absolute Gasteiger partial charge is 0.493 e. The Hall–Kier alpha value is -1.92. The number of carbonyl (C=O) groups is 1. The van der Waals surface area contributed by atoms with E-state index in [1.54, 1.807) is 0 Å². The summed E-state index contributed by atoms with van der Waals surface area (Å²) in [6.45, 7) is 12.6. The number of ether oxygens (including phenoxy) is 1. The molecule has 2 aromatic carbocycles. The number of benzene rings is 2. The molecule has 0 radical (unpaired) electrons. The average Bonchev–Trinajstić information content (AvgIpc) is 3.27. The minimum absolute atomic E-state index is 0. The number of thioether (sulfide) groups is 1. The molecule has 1 heterocycles. The molecule has 1 aliphatic heterocycles. The van der Waals surface area contributed by atoms with Gasteiger partial charge in [0.15, 0.2) is 0 Å². The van der Waals surface area contributed by atoms with Gasteiger partial charge in [-0.1, -0.05) is 96.9 Å². The van der Waals surface area contributed by atoms with E-state index in [2.05, 4.69) is 74.5 Å². The van der Waals surface area contributed by atoms with E-state index < -0.39 is 0 Å². The number of halogens is 1. The van der Waals surface area contributed by atoms with E-state index in [9.17, 15) is 4.79 Å². The molecule has 1 N–H and O–H groups in total. The fraction of sp³-hybridized carbons (Fsp3) is 0.545. The second-order valence-electron chi connectivity index (χ2n) is 11.6. The number of amides is 1. The van der Waals surface area contributed by atoms with Gasteiger partial charge in [-0.2, -0.15) is 0 Å². The molecule has 0 saturated carbocycles. The van der Waals surface area contributed by atoms with Crippen molar-refractivity contribution in [2.75, 3.05) is 17.8 Å². The first-order valence-corrected chi connectivity index (χ1v) is 15.5. The third-order valence-electron chi connectivity index (χ3n) is 7.04. The van der Waals surface area contributed by atoms with Gasteiger partial charge in [0.1, 0.15) is 5.75 Å². The first-order valence-electron chi connectivity index (χ1n) is 14.4. The molecule has 0 saturated heterocycles. The lowest BCUT2D eigenvalue weighted by molar-refractivity contribution is -0.115. The number of hydrogen-bond donors (Lipinski definition) is 1. The van der Waals surface area contributed by atoms with Crippen molar-refractivity contribution in [3.8, 4) is 5.75 Å². The van der Waals surface area contributed by atoms with Crippen molar-refractivity contribution >= 4 is 40.3 Å². The molecule has 0 aliphatic carbocycles. The summed E-state index contributed by atoms with van der Waals surface area (Å²) in [6, 6.07) is 14.4. The highest BCUT2D eigenvalue weighted by molar-refractivity contribution is 8.93. The Kier molecular flexibility index (Phi) is 14.5. The van der Waals surface area contributed by atoms with E-state index in [0.29, 0.717) is 6.42 Å². The van der Waals surface area contributed by atoms with Gasteiger partial charge >= 0.3 is 0 Å². The van der Waals surface area contributed by atoms with Crippen LogP contribution in [0.3, 0.4) is 0 Å². The molecule has 0 bridgehead atoms. The van der Waals surface area contributed by atoms with Crippen molar-refractivity contribution < 1.29 is 9.53 Å². The average molecular weight is 618 g/mol. The molecule has 216 valence electrons. The molecule has 6 heteroatoms. The van der Waals surface area contributed by atoms with E-state index in [4.69, 9.17) is 4.74 Å². The van der Waals surface area contributed by atoms with Gasteiger partial charge in [0, 0.05) is 17.9 Å². The van der Waals surface area contributed by atoms with Crippen LogP contribution in [-0.2, 0) is 23.2 Å². The minimum atomic E-state index is -0.0597. The van der Waals surface area contributed by atoms with Crippen molar-refractivity contribution in [3.63, 3.8) is 0 Å². The maximum atomic E-state index is 12.9. The predicted molar refractivity (Wildman–Crippen MR) is 174 cm³/mol. The number of nitrogens with one attached hydrogen (secondary N) is 1. The number of hydrogen-bond acceptors (Lipinski definition) is 4. The van der Waals surface area contributed by atoms with Crippen LogP contribution in [-0.4, -0.2) is 23.3 Å². The van der Waals surface area contributed by atoms with Crippen LogP contribution in [0.5, 0.6) is 5.75 Å². The molecule has 3 rings (SSSR count). The van der Waals surface area contributed by atoms with E-state index >= 15 is 0 Å². The van der Waals surface area contributed by atoms with Gasteiger partial charge in [-0.05, 0) is 59.1 Å². The van der Waals surface area contributed by atoms with Crippen molar-refractivity contribution in [1.82, 2.24) is 4.90 Å². The predicted octanol–water partition coefficient (Wildman–Crippen LogP) is 9.63. The SMILES string of the molecule is Br.CCCCCCCCCCOc1ccc(CC(=O)Nc2cccc(CN3CSC=C3C)c2)cc1C(C)(C)C. The number of anilines is 1. The zero-order valence-corrected chi connectivity index (χ0v) is 27.2. The second kappa shape index (κ2) is 17.0. The summed E-state index contributed by atoms with van der Waals surface area (Å²) in [5, 5.41) is 5.30. The molecule has 1 amide bonds. The Morgan fingerprint density at radius 3 is 2.36 bits per heavy atom. The zero-order valence-electron chi connectivity index (χ0n) is 24.7. The molecule has 2 aromatic rings. The normalized spacial score (nSPS) is 13.2. The first kappa shape index (κ1) is 33.3. The summed E-state index contributed by atoms with van der Waals surface area (Å²) < 4.78 is 6.23. The van der Waals surface area contributed by atoms with Gasteiger partial charge in [-0.25, -0.2) is 0 Å². The third-order valence-corrected chi connectivity index (χ3v) is 8.01. The van der Waals surface area contributed by atoms with Crippen LogP contribution in [0.25, 0.3) is 0 Å². The molecule has 0 aromatic heterocycles. The molecule has 1 aliphatic rings. The van der Waals surface area contributed by atoms with Crippen molar-refractivity contribution in [2.45, 2.75) is 104 Å². The second-order valence-corrected chi connectivity index (χ2v) is 12.4. The summed E-state index contributed by atoms with van der Waals surface area (Å²) >= 11 is 1.82. The lowest BCUT2D eigenvalue weighted by atomic mass is 9.85. The van der Waals surface area contributed by atoms with Crippen LogP contribution in [0.2, 0.25) is 0 Å². The summed E-state index contributed by atoms with van der Waals surface area (Å²) in [7, 11) is 0. The number of carbonyl (C=O) groups excluding carboxylic acids is 1. The van der Waals surface area contributed by atoms with Crippen molar-refractivity contribution in [2.24, 2.45) is 0 Å². The third kappa shape index (κ3) is 11.6. The monoisotopic (exact) mass is 616 g/mol. The number of rotatable bonds is 15. The summed E-state index contributed by atoms with van der Waals surface area (Å²) in [6.07, 6.45) is 10.7. The summed E-state index contributed by atoms with van der Waals surface area (Å²) in [4.78, 5) is 15.3. The van der Waals surface area contributed by atoms with Crippen LogP contribution in [0, 0.1) is 0 Å². The molecular weight excluding hydrogens is 568 g/mol. The van der Waals surface area contributed by atoms with Gasteiger partial charge in [-0.15, -0.1) is 28.7 Å². The molecule has 39 heavy (non-hydrogen) atoms. The summed E-state index contributed by atoms with van der Waals surface area (Å²) in [5.74, 6) is 1.93. The lowest BCUT2D eigenvalue weighted by Gasteiger charge is -2.24. The maximum Gasteiger partial charge on any atom is 0.228 e. The molecule has 4 nitrogen and oxygen atoms in total. The Labute approximate surface area is 252 Å². The standard InChI is InChI=1S/C33H48N2O2S.BrH/c1-6-7-8-9-10-11-12-13-19-37-31-18-17-27(21-30(31)33(3,4)5)22-32(36)34-29-16-14-15-28(20-29)23-35-25-38-24-26(35)2;/h14-18,20-21,24H,6-13,19,22-23,25H2,1-5H3,(H,34,36);1H. The van der Waals surface area contributed by atoms with E-state index in [1.165, 1.54) is 56.2 Å². The van der Waals surface area contributed by atoms with Crippen LogP contribution in [0.1, 0.15) is 103 Å². The van der Waals surface area contributed by atoms with Crippen LogP contribution >= 0.6 is 28.7 Å². The molecule has 0 fully saturated rings. The van der Waals surface area contributed by atoms with E-state index in [1.807, 2.05) is 30.0 Å². The van der Waals surface area contributed by atoms with E-state index in [-0.39, 0.29) is 28.3 Å². The number of unbranched alkanes of at least 4 members (excludes halogenated alkanes) is 7. The quantitative estimate of drug-likeness (QED) is 0.202. The Bertz CT molecular complexity index is 1060. The maximum absolute atomic E-state index is 12.9. The van der Waals surface area contributed by atoms with Crippen LogP contribution in [0.15, 0.2) is 53.6 Å². The zero-order chi connectivity index (χ0) is 27.4. The fourth-order valence-electron chi connectivity index (χ4n) is 4.77. The van der Waals surface area contributed by atoms with Crippen LogP contribution in [0.4, 0.5) is 5.69 Å². The van der Waals surface area contributed by atoms with Crippen molar-refractivity contribution in [3.05, 3.63) is 70.3 Å². The summed E-state index contributed by atoms with van der Waals surface area (Å²) in [5.41, 5.74) is 5.46. The highest BCUT2D eigenvalue weighted by atomic mass is 79.9. The van der Waals surface area contributed by atoms with Gasteiger partial charge in [0.05, 0.1) is 18.9 Å². The van der Waals surface area contributed by atoms with E-state index in [0.717, 1.165) is 48.0 Å². The molecule has 0 unspecified atom stereocenters. The van der Waals surface area contributed by atoms with Gasteiger partial charge < -0.3 is 15.0 Å². The minimum Gasteiger partial charge on any atom is -0.493 e. The molecule has 0 atom stereocenters. The Balaban J connectivity index is 0.00000533. The lowest BCUT2D eigenvalue weighted by Crippen LogP contribution is -2.18. The topological polar surface area (TPSA) is 41.6 Å². The van der Waals surface area contributed by atoms with Gasteiger partial charge in [0.25, 0.3) is 0 Å². The van der Waals surface area contributed by atoms with Gasteiger partial charge in [0.2, 0.25) is 5.91 Å². The van der Waals surface area contributed by atoms with Gasteiger partial charge in [-0.3, -0.25) is 4.79 Å². The van der Waals surface area contributed by atoms with Crippen molar-refractivity contribution in [1.29, 1.82) is 0 Å². The molecule has 0 spiro atoms. The highest BCUT2D eigenvalue weighted by Crippen LogP contribution is 2.33. The number of allylic oxidation sites excluding steroid dienone is 1.